The lowest BCUT2D eigenvalue weighted by molar-refractivity contribution is -0.163. The molecule has 0 spiro atoms. The Morgan fingerprint density at radius 3 is 2.47 bits per heavy atom. The first-order valence-corrected chi connectivity index (χ1v) is 13.1. The summed E-state index contributed by atoms with van der Waals surface area (Å²) in [6.45, 7) is 2.72. The van der Waals surface area contributed by atoms with Gasteiger partial charge in [0.15, 0.2) is 0 Å². The van der Waals surface area contributed by atoms with E-state index in [0.29, 0.717) is 19.3 Å². The molecule has 9 heteroatoms. The van der Waals surface area contributed by atoms with Crippen LogP contribution in [0.25, 0.3) is 0 Å². The van der Waals surface area contributed by atoms with Gasteiger partial charge >= 0.3 is 11.9 Å². The van der Waals surface area contributed by atoms with Crippen LogP contribution in [0.1, 0.15) is 57.9 Å². The van der Waals surface area contributed by atoms with Crippen LogP contribution in [-0.2, 0) is 30.3 Å². The molecule has 3 rings (SSSR count). The van der Waals surface area contributed by atoms with Gasteiger partial charge in [-0.15, -0.1) is 0 Å². The van der Waals surface area contributed by atoms with Gasteiger partial charge in [-0.25, -0.2) is 4.79 Å². The third-order valence-corrected chi connectivity index (χ3v) is 7.26. The zero-order chi connectivity index (χ0) is 26.1. The highest BCUT2D eigenvalue weighted by atomic mass is 16.6. The number of aryl methyl sites for hydroxylation is 1. The van der Waals surface area contributed by atoms with Crippen molar-refractivity contribution in [2.24, 2.45) is 5.92 Å². The van der Waals surface area contributed by atoms with Crippen molar-refractivity contribution in [1.82, 2.24) is 10.2 Å². The van der Waals surface area contributed by atoms with Gasteiger partial charge in [-0.05, 0) is 57.4 Å². The van der Waals surface area contributed by atoms with Crippen molar-refractivity contribution in [1.29, 1.82) is 0 Å². The van der Waals surface area contributed by atoms with E-state index in [-0.39, 0.29) is 24.5 Å². The van der Waals surface area contributed by atoms with Crippen molar-refractivity contribution in [3.8, 4) is 0 Å². The van der Waals surface area contributed by atoms with Crippen molar-refractivity contribution < 1.29 is 34.1 Å². The maximum absolute atomic E-state index is 13.7. The van der Waals surface area contributed by atoms with Gasteiger partial charge in [0, 0.05) is 6.04 Å². The largest absolute Gasteiger partial charge is 0.465 e. The summed E-state index contributed by atoms with van der Waals surface area (Å²) in [6, 6.07) is 7.56. The molecule has 1 aromatic rings. The predicted molar refractivity (Wildman–Crippen MR) is 133 cm³/mol. The molecule has 1 amide bonds. The second kappa shape index (κ2) is 13.7. The summed E-state index contributed by atoms with van der Waals surface area (Å²) in [4.78, 5) is 41.1. The highest BCUT2D eigenvalue weighted by Crippen LogP contribution is 2.40. The predicted octanol–water partition coefficient (Wildman–Crippen LogP) is 1.59. The van der Waals surface area contributed by atoms with Gasteiger partial charge in [0.1, 0.15) is 18.2 Å². The first-order valence-electron chi connectivity index (χ1n) is 13.1. The molecule has 0 aromatic heterocycles. The number of aliphatic hydroxyl groups is 2. The summed E-state index contributed by atoms with van der Waals surface area (Å²) in [7, 11) is 0. The number of nitrogens with one attached hydrogen (secondary N) is 1. The second-order valence-electron chi connectivity index (χ2n) is 9.75. The number of carbonyl (C=O) groups is 3. The number of aliphatic hydroxyl groups excluding tert-OH is 2. The number of hydrogen-bond donors (Lipinski definition) is 3. The number of rotatable bonds is 12. The van der Waals surface area contributed by atoms with Crippen molar-refractivity contribution in [3.63, 3.8) is 0 Å². The van der Waals surface area contributed by atoms with E-state index in [2.05, 4.69) is 5.32 Å². The van der Waals surface area contributed by atoms with Crippen LogP contribution in [0, 0.1) is 5.92 Å². The number of benzene rings is 1. The molecule has 2 aliphatic rings. The first kappa shape index (κ1) is 28.1. The van der Waals surface area contributed by atoms with E-state index in [1.54, 1.807) is 18.7 Å². The maximum atomic E-state index is 13.7. The van der Waals surface area contributed by atoms with E-state index in [9.17, 15) is 24.6 Å². The van der Waals surface area contributed by atoms with Gasteiger partial charge in [0.05, 0.1) is 25.9 Å². The number of esters is 2. The van der Waals surface area contributed by atoms with Crippen LogP contribution in [0.5, 0.6) is 0 Å². The van der Waals surface area contributed by atoms with Crippen molar-refractivity contribution >= 4 is 17.8 Å². The summed E-state index contributed by atoms with van der Waals surface area (Å²) < 4.78 is 10.6. The topological polar surface area (TPSA) is 125 Å². The third-order valence-electron chi connectivity index (χ3n) is 7.26. The lowest BCUT2D eigenvalue weighted by Crippen LogP contribution is -2.56. The lowest BCUT2D eigenvalue weighted by atomic mass is 9.84. The molecule has 1 heterocycles. The second-order valence-corrected chi connectivity index (χ2v) is 9.75. The van der Waals surface area contributed by atoms with E-state index in [4.69, 9.17) is 9.47 Å². The fourth-order valence-electron chi connectivity index (χ4n) is 5.43. The maximum Gasteiger partial charge on any atom is 0.329 e. The minimum absolute atomic E-state index is 0.0693. The molecule has 200 valence electrons. The molecule has 5 atom stereocenters. The summed E-state index contributed by atoms with van der Waals surface area (Å²) >= 11 is 0. The fourth-order valence-corrected chi connectivity index (χ4v) is 5.43. The van der Waals surface area contributed by atoms with Crippen LogP contribution >= 0.6 is 0 Å². The number of ether oxygens (including phenoxy) is 2. The van der Waals surface area contributed by atoms with E-state index in [0.717, 1.165) is 31.2 Å². The Hall–Kier alpha value is -2.49. The van der Waals surface area contributed by atoms with Gasteiger partial charge in [-0.1, -0.05) is 43.2 Å². The smallest absolute Gasteiger partial charge is 0.329 e. The summed E-state index contributed by atoms with van der Waals surface area (Å²) in [5.41, 5.74) is 1.09. The number of likely N-dealkylation sites (tertiary alicyclic amines) is 1. The molecule has 36 heavy (non-hydrogen) atoms. The van der Waals surface area contributed by atoms with Crippen LogP contribution in [0.4, 0.5) is 0 Å². The summed E-state index contributed by atoms with van der Waals surface area (Å²) in [5.74, 6) is -1.07. The van der Waals surface area contributed by atoms with E-state index in [1.807, 2.05) is 30.3 Å². The van der Waals surface area contributed by atoms with Gasteiger partial charge in [0.2, 0.25) is 5.91 Å². The van der Waals surface area contributed by atoms with Crippen LogP contribution in [-0.4, -0.2) is 83.1 Å². The average molecular weight is 505 g/mol. The Morgan fingerprint density at radius 2 is 1.81 bits per heavy atom. The lowest BCUT2D eigenvalue weighted by Gasteiger charge is -2.36. The van der Waals surface area contributed by atoms with Gasteiger partial charge in [-0.3, -0.25) is 14.9 Å². The van der Waals surface area contributed by atoms with Crippen LogP contribution in [0.15, 0.2) is 30.3 Å². The highest BCUT2D eigenvalue weighted by molar-refractivity contribution is 5.89. The molecule has 0 bridgehead atoms. The average Bonchev–Trinajstić information content (AvgIpc) is 3.29. The molecule has 3 N–H and O–H groups in total. The SMILES string of the molecule is CCOC(=O)[C@H](CCc1ccccc1)NC(C)C(=O)N1[C@H](C(=O)OC(CO)CO)C[C@@H]2CCCC[C@@H]21. The molecule has 9 nitrogen and oxygen atoms in total. The normalized spacial score (nSPS) is 23.1. The molecule has 2 fully saturated rings. The standard InChI is InChI=1S/C27H40N2O7/c1-3-35-26(33)22(14-13-19-9-5-4-6-10-19)28-18(2)25(32)29-23-12-8-7-11-20(23)15-24(29)27(34)36-21(16-30)17-31/h4-6,9-10,18,20-24,28,30-31H,3,7-8,11-17H2,1-2H3/t18?,20-,22-,23-,24-/m0/s1. The van der Waals surface area contributed by atoms with E-state index < -0.39 is 49.4 Å². The number of carbonyl (C=O) groups excluding carboxylic acids is 3. The Labute approximate surface area is 213 Å². The molecular weight excluding hydrogens is 464 g/mol. The molecular formula is C27H40N2O7. The Balaban J connectivity index is 1.74. The Morgan fingerprint density at radius 1 is 1.11 bits per heavy atom. The summed E-state index contributed by atoms with van der Waals surface area (Å²) in [5, 5.41) is 21.9. The molecule has 1 unspecified atom stereocenters. The molecule has 1 saturated heterocycles. The third kappa shape index (κ3) is 7.05. The summed E-state index contributed by atoms with van der Waals surface area (Å²) in [6.07, 6.45) is 4.38. The van der Waals surface area contributed by atoms with Gasteiger partial charge < -0.3 is 24.6 Å². The van der Waals surface area contributed by atoms with Crippen molar-refractivity contribution in [3.05, 3.63) is 35.9 Å². The van der Waals surface area contributed by atoms with Crippen LogP contribution < -0.4 is 5.32 Å². The molecule has 1 aliphatic carbocycles. The first-order chi connectivity index (χ1) is 17.4. The molecule has 1 aliphatic heterocycles. The molecule has 0 radical (unpaired) electrons. The van der Waals surface area contributed by atoms with Gasteiger partial charge in [-0.2, -0.15) is 0 Å². The highest BCUT2D eigenvalue weighted by Gasteiger charge is 2.49. The molecule has 1 saturated carbocycles. The van der Waals surface area contributed by atoms with Gasteiger partial charge in [0.25, 0.3) is 0 Å². The van der Waals surface area contributed by atoms with Crippen molar-refractivity contribution in [2.45, 2.75) is 89.1 Å². The minimum Gasteiger partial charge on any atom is -0.465 e. The monoisotopic (exact) mass is 504 g/mol. The fraction of sp³-hybridized carbons (Fsp3) is 0.667. The van der Waals surface area contributed by atoms with E-state index in [1.165, 1.54) is 0 Å². The number of fused-ring (bicyclic) bond motifs is 1. The Kier molecular flexibility index (Phi) is 10.7. The zero-order valence-electron chi connectivity index (χ0n) is 21.3. The van der Waals surface area contributed by atoms with E-state index >= 15 is 0 Å². The number of amides is 1. The minimum atomic E-state index is -1.01. The number of nitrogens with zero attached hydrogens (tertiary/aromatic N) is 1. The van der Waals surface area contributed by atoms with Crippen LogP contribution in [0.2, 0.25) is 0 Å². The molecule has 1 aromatic carbocycles. The van der Waals surface area contributed by atoms with Crippen LogP contribution in [0.3, 0.4) is 0 Å². The Bertz CT molecular complexity index is 861. The number of hydrogen-bond acceptors (Lipinski definition) is 8. The van der Waals surface area contributed by atoms with Crippen molar-refractivity contribution in [2.75, 3.05) is 19.8 Å². The zero-order valence-corrected chi connectivity index (χ0v) is 21.3. The quantitative estimate of drug-likeness (QED) is 0.367.